The van der Waals surface area contributed by atoms with E-state index in [0.717, 1.165) is 0 Å². The van der Waals surface area contributed by atoms with Gasteiger partial charge >= 0.3 is 11.9 Å². The molecule has 0 spiro atoms. The molecule has 6 nitrogen and oxygen atoms in total. The van der Waals surface area contributed by atoms with Crippen molar-refractivity contribution in [2.75, 3.05) is 13.7 Å². The number of esters is 2. The van der Waals surface area contributed by atoms with Crippen LogP contribution < -0.4 is 5.32 Å². The minimum atomic E-state index is -0.625. The number of nitriles is 1. The predicted octanol–water partition coefficient (Wildman–Crippen LogP) is 2.53. The third-order valence-electron chi connectivity index (χ3n) is 4.03. The Balaban J connectivity index is 2.64. The van der Waals surface area contributed by atoms with Crippen LogP contribution in [0.3, 0.4) is 0 Å². The third kappa shape index (κ3) is 3.56. The van der Waals surface area contributed by atoms with E-state index in [0.29, 0.717) is 33.7 Å². The zero-order chi connectivity index (χ0) is 18.6. The van der Waals surface area contributed by atoms with Crippen LogP contribution in [0.15, 0.2) is 46.8 Å². The minimum Gasteiger partial charge on any atom is -0.466 e. The lowest BCUT2D eigenvalue weighted by Gasteiger charge is -2.30. The first-order valence-electron chi connectivity index (χ1n) is 7.88. The number of dihydropyridines is 1. The fraction of sp³-hybridized carbons (Fsp3) is 0.316. The van der Waals surface area contributed by atoms with Crippen molar-refractivity contribution < 1.29 is 19.1 Å². The zero-order valence-corrected chi connectivity index (χ0v) is 14.7. The molecule has 25 heavy (non-hydrogen) atoms. The lowest BCUT2D eigenvalue weighted by Crippen LogP contribution is -2.32. The molecular formula is C19H20N2O4. The van der Waals surface area contributed by atoms with Crippen LogP contribution in [0, 0.1) is 11.3 Å². The molecule has 0 radical (unpaired) electrons. The Labute approximate surface area is 146 Å². The SMILES string of the molecule is CCOC(=O)C1=C(C)NC(C)=C(C(=O)OC)C1c1ccc(C#N)cc1. The fourth-order valence-corrected chi connectivity index (χ4v) is 2.94. The highest BCUT2D eigenvalue weighted by molar-refractivity contribution is 5.99. The first-order chi connectivity index (χ1) is 11.9. The highest BCUT2D eigenvalue weighted by atomic mass is 16.5. The molecule has 1 atom stereocenters. The van der Waals surface area contributed by atoms with Crippen LogP contribution in [-0.4, -0.2) is 25.7 Å². The molecule has 0 bridgehead atoms. The summed E-state index contributed by atoms with van der Waals surface area (Å²) in [6.45, 7) is 5.48. The number of benzene rings is 1. The first kappa shape index (κ1) is 18.3. The summed E-state index contributed by atoms with van der Waals surface area (Å²) in [5.74, 6) is -1.63. The Kier molecular flexibility index (Phi) is 5.60. The van der Waals surface area contributed by atoms with Gasteiger partial charge in [0.25, 0.3) is 0 Å². The average molecular weight is 340 g/mol. The van der Waals surface area contributed by atoms with E-state index in [1.54, 1.807) is 45.0 Å². The molecule has 0 fully saturated rings. The quantitative estimate of drug-likeness (QED) is 0.847. The van der Waals surface area contributed by atoms with Gasteiger partial charge in [0.2, 0.25) is 0 Å². The van der Waals surface area contributed by atoms with Crippen molar-refractivity contribution in [3.63, 3.8) is 0 Å². The predicted molar refractivity (Wildman–Crippen MR) is 91.1 cm³/mol. The van der Waals surface area contributed by atoms with Crippen LogP contribution in [0.4, 0.5) is 0 Å². The van der Waals surface area contributed by atoms with E-state index in [-0.39, 0.29) is 6.61 Å². The van der Waals surface area contributed by atoms with E-state index in [2.05, 4.69) is 11.4 Å². The van der Waals surface area contributed by atoms with Crippen molar-refractivity contribution in [3.8, 4) is 6.07 Å². The molecule has 1 aromatic carbocycles. The van der Waals surface area contributed by atoms with E-state index in [1.807, 2.05) is 0 Å². The molecule has 1 heterocycles. The molecule has 1 aliphatic rings. The van der Waals surface area contributed by atoms with Gasteiger partial charge in [-0.15, -0.1) is 0 Å². The highest BCUT2D eigenvalue weighted by Crippen LogP contribution is 2.39. The second-order valence-corrected chi connectivity index (χ2v) is 5.58. The van der Waals surface area contributed by atoms with Gasteiger partial charge in [0.05, 0.1) is 42.4 Å². The Bertz CT molecular complexity index is 798. The molecule has 1 aliphatic heterocycles. The summed E-state index contributed by atoms with van der Waals surface area (Å²) in [6.07, 6.45) is 0. The maximum atomic E-state index is 12.5. The molecule has 0 saturated carbocycles. The molecule has 6 heteroatoms. The molecule has 0 saturated heterocycles. The molecule has 1 unspecified atom stereocenters. The molecule has 0 aliphatic carbocycles. The number of nitrogens with one attached hydrogen (secondary N) is 1. The molecule has 0 aromatic heterocycles. The number of carbonyl (C=O) groups excluding carboxylic acids is 2. The van der Waals surface area contributed by atoms with Crippen molar-refractivity contribution in [3.05, 3.63) is 57.9 Å². The molecule has 130 valence electrons. The third-order valence-corrected chi connectivity index (χ3v) is 4.03. The van der Waals surface area contributed by atoms with E-state index in [9.17, 15) is 9.59 Å². The number of carbonyl (C=O) groups is 2. The van der Waals surface area contributed by atoms with Crippen molar-refractivity contribution in [2.24, 2.45) is 0 Å². The monoisotopic (exact) mass is 340 g/mol. The van der Waals surface area contributed by atoms with Crippen LogP contribution in [0.1, 0.15) is 37.8 Å². The maximum Gasteiger partial charge on any atom is 0.336 e. The molecular weight excluding hydrogens is 320 g/mol. The largest absolute Gasteiger partial charge is 0.466 e. The summed E-state index contributed by atoms with van der Waals surface area (Å²) in [5.41, 5.74) is 3.15. The van der Waals surface area contributed by atoms with Gasteiger partial charge in [-0.1, -0.05) is 12.1 Å². The Morgan fingerprint density at radius 2 is 1.68 bits per heavy atom. The lowest BCUT2D eigenvalue weighted by molar-refractivity contribution is -0.139. The van der Waals surface area contributed by atoms with Crippen LogP contribution >= 0.6 is 0 Å². The van der Waals surface area contributed by atoms with Crippen LogP contribution in [0.25, 0.3) is 0 Å². The Morgan fingerprint density at radius 3 is 2.16 bits per heavy atom. The molecule has 1 aromatic rings. The lowest BCUT2D eigenvalue weighted by atomic mass is 9.80. The number of allylic oxidation sites excluding steroid dienone is 2. The van der Waals surface area contributed by atoms with E-state index in [1.165, 1.54) is 7.11 Å². The summed E-state index contributed by atoms with van der Waals surface area (Å²) in [5, 5.41) is 12.0. The number of hydrogen-bond acceptors (Lipinski definition) is 6. The van der Waals surface area contributed by atoms with Crippen molar-refractivity contribution in [1.82, 2.24) is 5.32 Å². The molecule has 1 N–H and O–H groups in total. The summed E-state index contributed by atoms with van der Waals surface area (Å²) in [7, 11) is 1.30. The van der Waals surface area contributed by atoms with Gasteiger partial charge in [-0.3, -0.25) is 0 Å². The molecule has 2 rings (SSSR count). The summed E-state index contributed by atoms with van der Waals surface area (Å²) in [6, 6.07) is 8.83. The normalized spacial score (nSPS) is 16.8. The number of hydrogen-bond donors (Lipinski definition) is 1. The summed E-state index contributed by atoms with van der Waals surface area (Å²) < 4.78 is 10.1. The van der Waals surface area contributed by atoms with Crippen LogP contribution in [0.2, 0.25) is 0 Å². The van der Waals surface area contributed by atoms with Gasteiger partial charge in [0.15, 0.2) is 0 Å². The van der Waals surface area contributed by atoms with E-state index < -0.39 is 17.9 Å². The average Bonchev–Trinajstić information content (AvgIpc) is 2.60. The topological polar surface area (TPSA) is 88.4 Å². The number of nitrogens with zero attached hydrogens (tertiary/aromatic N) is 1. The Morgan fingerprint density at radius 1 is 1.12 bits per heavy atom. The van der Waals surface area contributed by atoms with E-state index >= 15 is 0 Å². The second-order valence-electron chi connectivity index (χ2n) is 5.58. The van der Waals surface area contributed by atoms with Gasteiger partial charge in [-0.2, -0.15) is 5.26 Å². The standard InChI is InChI=1S/C19H20N2O4/c1-5-25-19(23)16-12(3)21-11(2)15(18(22)24-4)17(16)14-8-6-13(10-20)7-9-14/h6-9,17,21H,5H2,1-4H3. The van der Waals surface area contributed by atoms with Gasteiger partial charge in [-0.25, -0.2) is 9.59 Å². The zero-order valence-electron chi connectivity index (χ0n) is 14.7. The number of rotatable bonds is 4. The van der Waals surface area contributed by atoms with Crippen molar-refractivity contribution in [1.29, 1.82) is 5.26 Å². The van der Waals surface area contributed by atoms with Gasteiger partial charge in [-0.05, 0) is 38.5 Å². The van der Waals surface area contributed by atoms with Crippen molar-refractivity contribution in [2.45, 2.75) is 26.7 Å². The summed E-state index contributed by atoms with van der Waals surface area (Å²) >= 11 is 0. The number of ether oxygens (including phenoxy) is 2. The fourth-order valence-electron chi connectivity index (χ4n) is 2.94. The highest BCUT2D eigenvalue weighted by Gasteiger charge is 2.37. The van der Waals surface area contributed by atoms with Crippen LogP contribution in [-0.2, 0) is 19.1 Å². The van der Waals surface area contributed by atoms with Gasteiger partial charge < -0.3 is 14.8 Å². The maximum absolute atomic E-state index is 12.5. The minimum absolute atomic E-state index is 0.228. The Hall–Kier alpha value is -3.07. The van der Waals surface area contributed by atoms with Gasteiger partial charge in [0, 0.05) is 11.4 Å². The smallest absolute Gasteiger partial charge is 0.336 e. The van der Waals surface area contributed by atoms with E-state index in [4.69, 9.17) is 14.7 Å². The molecule has 0 amide bonds. The first-order valence-corrected chi connectivity index (χ1v) is 7.88. The number of methoxy groups -OCH3 is 1. The van der Waals surface area contributed by atoms with Crippen LogP contribution in [0.5, 0.6) is 0 Å². The van der Waals surface area contributed by atoms with Gasteiger partial charge in [0.1, 0.15) is 0 Å². The van der Waals surface area contributed by atoms with Crippen molar-refractivity contribution >= 4 is 11.9 Å². The summed E-state index contributed by atoms with van der Waals surface area (Å²) in [4.78, 5) is 24.9. The second kappa shape index (κ2) is 7.67.